The number of carbonyl (C=O) groups excluding carboxylic acids is 2. The van der Waals surface area contributed by atoms with Gasteiger partial charge in [-0.25, -0.2) is 0 Å². The summed E-state index contributed by atoms with van der Waals surface area (Å²) in [5.74, 6) is 0.533. The molecule has 2 atom stereocenters. The van der Waals surface area contributed by atoms with Crippen LogP contribution in [-0.2, 0) is 9.59 Å². The number of benzene rings is 1. The number of fused-ring (bicyclic) bond motifs is 2. The number of nitrogens with one attached hydrogen (secondary N) is 1. The summed E-state index contributed by atoms with van der Waals surface area (Å²) < 4.78 is 0. The van der Waals surface area contributed by atoms with E-state index in [1.807, 2.05) is 0 Å². The SMILES string of the molecule is CN(CC(=O)Nc1c(Cl)cccc1Cl)C(=O)C1CC2CCCC(C1)C2N. The molecule has 0 aliphatic heterocycles. The Morgan fingerprint density at radius 2 is 1.77 bits per heavy atom. The lowest BCUT2D eigenvalue weighted by molar-refractivity contribution is -0.139. The Hall–Kier alpha value is -1.30. The van der Waals surface area contributed by atoms with Crippen LogP contribution in [0, 0.1) is 17.8 Å². The van der Waals surface area contributed by atoms with Crippen molar-refractivity contribution in [3.63, 3.8) is 0 Å². The minimum atomic E-state index is -0.316. The van der Waals surface area contributed by atoms with Gasteiger partial charge in [0.25, 0.3) is 0 Å². The monoisotopic (exact) mass is 397 g/mol. The summed E-state index contributed by atoms with van der Waals surface area (Å²) in [6.07, 6.45) is 5.09. The van der Waals surface area contributed by atoms with Gasteiger partial charge < -0.3 is 16.0 Å². The molecule has 2 bridgehead atoms. The van der Waals surface area contributed by atoms with E-state index in [9.17, 15) is 9.59 Å². The summed E-state index contributed by atoms with van der Waals surface area (Å²) >= 11 is 12.1. The number of hydrogen-bond acceptors (Lipinski definition) is 3. The fourth-order valence-corrected chi connectivity index (χ4v) is 4.88. The average Bonchev–Trinajstić information content (AvgIpc) is 2.57. The van der Waals surface area contributed by atoms with E-state index in [0.29, 0.717) is 27.6 Å². The van der Waals surface area contributed by atoms with Gasteiger partial charge in [0.2, 0.25) is 11.8 Å². The highest BCUT2D eigenvalue weighted by Gasteiger charge is 2.41. The molecule has 26 heavy (non-hydrogen) atoms. The summed E-state index contributed by atoms with van der Waals surface area (Å²) in [5.41, 5.74) is 6.68. The maximum absolute atomic E-state index is 12.8. The zero-order valence-corrected chi connectivity index (χ0v) is 16.4. The topological polar surface area (TPSA) is 75.4 Å². The van der Waals surface area contributed by atoms with Crippen LogP contribution in [-0.4, -0.2) is 36.3 Å². The Kier molecular flexibility index (Phi) is 6.10. The predicted octanol–water partition coefficient (Wildman–Crippen LogP) is 3.54. The van der Waals surface area contributed by atoms with Gasteiger partial charge in [-0.1, -0.05) is 35.7 Å². The molecule has 7 heteroatoms. The Labute approximate surface area is 164 Å². The van der Waals surface area contributed by atoms with E-state index in [0.717, 1.165) is 25.7 Å². The number of amides is 2. The third kappa shape index (κ3) is 4.16. The van der Waals surface area contributed by atoms with Crippen LogP contribution < -0.4 is 11.1 Å². The summed E-state index contributed by atoms with van der Waals surface area (Å²) in [5, 5.41) is 3.44. The van der Waals surface area contributed by atoms with Gasteiger partial charge in [-0.3, -0.25) is 9.59 Å². The fraction of sp³-hybridized carbons (Fsp3) is 0.579. The minimum Gasteiger partial charge on any atom is -0.336 e. The first-order chi connectivity index (χ1) is 12.4. The average molecular weight is 398 g/mol. The first-order valence-electron chi connectivity index (χ1n) is 9.11. The van der Waals surface area contributed by atoms with Crippen LogP contribution in [0.5, 0.6) is 0 Å². The van der Waals surface area contributed by atoms with Crippen molar-refractivity contribution < 1.29 is 9.59 Å². The Morgan fingerprint density at radius 3 is 2.35 bits per heavy atom. The van der Waals surface area contributed by atoms with Gasteiger partial charge in [-0.15, -0.1) is 0 Å². The summed E-state index contributed by atoms with van der Waals surface area (Å²) in [6, 6.07) is 5.24. The highest BCUT2D eigenvalue weighted by molar-refractivity contribution is 6.39. The lowest BCUT2D eigenvalue weighted by Crippen LogP contribution is -2.49. The van der Waals surface area contributed by atoms with E-state index in [2.05, 4.69) is 5.32 Å². The number of likely N-dealkylation sites (N-methyl/N-ethyl adjacent to an activating group) is 1. The molecule has 0 radical (unpaired) electrons. The molecule has 2 aliphatic rings. The van der Waals surface area contributed by atoms with E-state index in [-0.39, 0.29) is 30.3 Å². The zero-order chi connectivity index (χ0) is 18.8. The van der Waals surface area contributed by atoms with E-state index < -0.39 is 0 Å². The number of rotatable bonds is 4. The third-order valence-electron chi connectivity index (χ3n) is 5.75. The molecule has 2 fully saturated rings. The lowest BCUT2D eigenvalue weighted by atomic mass is 9.65. The molecular formula is C19H25Cl2N3O2. The van der Waals surface area contributed by atoms with Crippen molar-refractivity contribution in [3.05, 3.63) is 28.2 Å². The normalized spacial score (nSPS) is 27.7. The first kappa shape index (κ1) is 19.5. The van der Waals surface area contributed by atoms with Gasteiger partial charge in [-0.05, 0) is 49.7 Å². The second kappa shape index (κ2) is 8.15. The maximum Gasteiger partial charge on any atom is 0.244 e. The first-order valence-corrected chi connectivity index (χ1v) is 9.86. The van der Waals surface area contributed by atoms with Gasteiger partial charge in [0.1, 0.15) is 0 Å². The number of nitrogens with zero attached hydrogens (tertiary/aromatic N) is 1. The van der Waals surface area contributed by atoms with Crippen LogP contribution in [0.25, 0.3) is 0 Å². The van der Waals surface area contributed by atoms with Crippen LogP contribution in [0.2, 0.25) is 10.0 Å². The molecule has 3 N–H and O–H groups in total. The number of hydrogen-bond donors (Lipinski definition) is 2. The number of nitrogens with two attached hydrogens (primary N) is 1. The fourth-order valence-electron chi connectivity index (χ4n) is 4.39. The van der Waals surface area contributed by atoms with Crippen LogP contribution in [0.1, 0.15) is 32.1 Å². The second-order valence-electron chi connectivity index (χ2n) is 7.54. The van der Waals surface area contributed by atoms with E-state index in [1.165, 1.54) is 11.3 Å². The Balaban J connectivity index is 1.58. The van der Waals surface area contributed by atoms with Crippen molar-refractivity contribution in [1.82, 2.24) is 4.90 Å². The smallest absolute Gasteiger partial charge is 0.244 e. The molecular weight excluding hydrogens is 373 g/mol. The molecule has 2 unspecified atom stereocenters. The van der Waals surface area contributed by atoms with E-state index >= 15 is 0 Å². The van der Waals surface area contributed by atoms with Crippen molar-refractivity contribution in [1.29, 1.82) is 0 Å². The van der Waals surface area contributed by atoms with Crippen molar-refractivity contribution in [2.45, 2.75) is 38.1 Å². The molecule has 1 aromatic carbocycles. The minimum absolute atomic E-state index is 0.0224. The molecule has 1 aromatic rings. The summed E-state index contributed by atoms with van der Waals surface area (Å²) in [6.45, 7) is -0.0295. The van der Waals surface area contributed by atoms with Crippen LogP contribution in [0.3, 0.4) is 0 Å². The number of anilines is 1. The highest BCUT2D eigenvalue weighted by atomic mass is 35.5. The van der Waals surface area contributed by atoms with E-state index in [1.54, 1.807) is 25.2 Å². The summed E-state index contributed by atoms with van der Waals surface area (Å²) in [4.78, 5) is 26.6. The van der Waals surface area contributed by atoms with Crippen molar-refractivity contribution in [3.8, 4) is 0 Å². The van der Waals surface area contributed by atoms with Crippen molar-refractivity contribution >= 4 is 40.7 Å². The predicted molar refractivity (Wildman–Crippen MR) is 104 cm³/mol. The second-order valence-corrected chi connectivity index (χ2v) is 8.35. The highest BCUT2D eigenvalue weighted by Crippen LogP contribution is 2.42. The molecule has 0 spiro atoms. The van der Waals surface area contributed by atoms with Crippen LogP contribution >= 0.6 is 23.2 Å². The standard InChI is InChI=1S/C19H25Cl2N3O2/c1-24(10-16(25)23-18-14(20)6-3-7-15(18)21)19(26)13-8-11-4-2-5-12(9-13)17(11)22/h3,6-7,11-13,17H,2,4-5,8-10,22H2,1H3,(H,23,25). The number of para-hydroxylation sites is 1. The van der Waals surface area contributed by atoms with E-state index in [4.69, 9.17) is 28.9 Å². The van der Waals surface area contributed by atoms with Crippen molar-refractivity contribution in [2.24, 2.45) is 23.5 Å². The lowest BCUT2D eigenvalue weighted by Gasteiger charge is -2.44. The largest absolute Gasteiger partial charge is 0.336 e. The molecule has 2 saturated carbocycles. The Bertz CT molecular complexity index is 663. The molecule has 2 aliphatic carbocycles. The Morgan fingerprint density at radius 1 is 1.19 bits per heavy atom. The zero-order valence-electron chi connectivity index (χ0n) is 14.9. The molecule has 2 amide bonds. The van der Waals surface area contributed by atoms with Gasteiger partial charge in [0, 0.05) is 19.0 Å². The van der Waals surface area contributed by atoms with Crippen LogP contribution in [0.4, 0.5) is 5.69 Å². The number of halogens is 2. The molecule has 5 nitrogen and oxygen atoms in total. The quantitative estimate of drug-likeness (QED) is 0.815. The number of carbonyl (C=O) groups is 2. The molecule has 142 valence electrons. The van der Waals surface area contributed by atoms with Gasteiger partial charge >= 0.3 is 0 Å². The van der Waals surface area contributed by atoms with Crippen molar-refractivity contribution in [2.75, 3.05) is 18.9 Å². The molecule has 0 saturated heterocycles. The molecule has 3 rings (SSSR count). The summed E-state index contributed by atoms with van der Waals surface area (Å²) in [7, 11) is 1.67. The van der Waals surface area contributed by atoms with Gasteiger partial charge in [0.15, 0.2) is 0 Å². The van der Waals surface area contributed by atoms with Crippen LogP contribution in [0.15, 0.2) is 18.2 Å². The molecule has 0 aromatic heterocycles. The third-order valence-corrected chi connectivity index (χ3v) is 6.38. The molecule has 0 heterocycles. The van der Waals surface area contributed by atoms with Gasteiger partial charge in [0.05, 0.1) is 22.3 Å². The van der Waals surface area contributed by atoms with Gasteiger partial charge in [-0.2, -0.15) is 0 Å². The maximum atomic E-state index is 12.8.